The molecule has 1 heterocycles. The molecule has 0 unspecified atom stereocenters. The first-order valence-corrected chi connectivity index (χ1v) is 23.1. The smallest absolute Gasteiger partial charge is 0.136 e. The molecule has 0 aliphatic rings. The molecule has 0 fully saturated rings. The van der Waals surface area contributed by atoms with E-state index < -0.39 is 0 Å². The van der Waals surface area contributed by atoms with Gasteiger partial charge in [0.05, 0.1) is 11.4 Å². The van der Waals surface area contributed by atoms with Crippen molar-refractivity contribution in [1.29, 1.82) is 0 Å². The van der Waals surface area contributed by atoms with Crippen LogP contribution >= 0.6 is 0 Å². The van der Waals surface area contributed by atoms with E-state index >= 15 is 0 Å². The molecule has 0 saturated heterocycles. The third kappa shape index (κ3) is 7.57. The lowest BCUT2D eigenvalue weighted by atomic mass is 9.87. The van der Waals surface area contributed by atoms with Crippen molar-refractivity contribution in [3.8, 4) is 22.3 Å². The van der Waals surface area contributed by atoms with Crippen molar-refractivity contribution < 1.29 is 4.42 Å². The number of hydrogen-bond acceptors (Lipinski definition) is 3. The van der Waals surface area contributed by atoms with Crippen molar-refractivity contribution in [2.75, 3.05) is 9.80 Å². The average Bonchev–Trinajstić information content (AvgIpc) is 3.69. The van der Waals surface area contributed by atoms with E-state index in [-0.39, 0.29) is 5.41 Å². The van der Waals surface area contributed by atoms with E-state index in [1.54, 1.807) is 0 Å². The Balaban J connectivity index is 1.02. The molecule has 0 radical (unpaired) electrons. The number of fused-ring (bicyclic) bond motifs is 5. The van der Waals surface area contributed by atoms with Crippen molar-refractivity contribution in [1.82, 2.24) is 0 Å². The third-order valence-electron chi connectivity index (χ3n) is 13.1. The zero-order valence-corrected chi connectivity index (χ0v) is 38.2. The van der Waals surface area contributed by atoms with Gasteiger partial charge in [-0.3, -0.25) is 0 Å². The van der Waals surface area contributed by atoms with Gasteiger partial charge in [0.1, 0.15) is 11.2 Å². The van der Waals surface area contributed by atoms with Crippen LogP contribution in [-0.2, 0) is 5.41 Å². The summed E-state index contributed by atoms with van der Waals surface area (Å²) in [4.78, 5) is 4.78. The predicted molar refractivity (Wildman–Crippen MR) is 282 cm³/mol. The van der Waals surface area contributed by atoms with E-state index in [1.807, 2.05) is 0 Å². The van der Waals surface area contributed by atoms with Crippen LogP contribution in [0.1, 0.15) is 51.7 Å². The van der Waals surface area contributed by atoms with Gasteiger partial charge in [-0.1, -0.05) is 168 Å². The van der Waals surface area contributed by atoms with Crippen LogP contribution in [0.15, 0.2) is 223 Å². The minimum Gasteiger partial charge on any atom is -0.456 e. The highest BCUT2D eigenvalue weighted by molar-refractivity contribution is 6.14. The lowest BCUT2D eigenvalue weighted by molar-refractivity contribution is 0.590. The summed E-state index contributed by atoms with van der Waals surface area (Å²) in [5, 5.41) is 6.81. The maximum atomic E-state index is 6.82. The maximum Gasteiger partial charge on any atom is 0.136 e. The number of para-hydroxylation sites is 2. The molecule has 11 rings (SSSR count). The Labute approximate surface area is 387 Å². The topological polar surface area (TPSA) is 19.6 Å². The monoisotopic (exact) mass is 852 g/mol. The highest BCUT2D eigenvalue weighted by atomic mass is 16.3. The van der Waals surface area contributed by atoms with Gasteiger partial charge in [-0.2, -0.15) is 0 Å². The van der Waals surface area contributed by atoms with Crippen LogP contribution in [0.2, 0.25) is 0 Å². The molecule has 10 aromatic carbocycles. The molecule has 3 heteroatoms. The molecule has 0 bridgehead atoms. The minimum atomic E-state index is 0.0511. The molecular formula is C63H52N2O. The first kappa shape index (κ1) is 40.9. The number of benzene rings is 10. The predicted octanol–water partition coefficient (Wildman–Crippen LogP) is 18.6. The van der Waals surface area contributed by atoms with Gasteiger partial charge < -0.3 is 14.2 Å². The van der Waals surface area contributed by atoms with Crippen LogP contribution in [0.25, 0.3) is 65.7 Å². The van der Waals surface area contributed by atoms with Crippen LogP contribution in [0.5, 0.6) is 0 Å². The summed E-state index contributed by atoms with van der Waals surface area (Å²) in [5.74, 6) is 0.448. The van der Waals surface area contributed by atoms with E-state index in [2.05, 4.69) is 263 Å². The third-order valence-corrected chi connectivity index (χ3v) is 13.1. The van der Waals surface area contributed by atoms with E-state index in [4.69, 9.17) is 4.42 Å². The second-order valence-corrected chi connectivity index (χ2v) is 18.8. The fourth-order valence-electron chi connectivity index (χ4n) is 9.55. The largest absolute Gasteiger partial charge is 0.456 e. The van der Waals surface area contributed by atoms with E-state index in [1.165, 1.54) is 44.2 Å². The van der Waals surface area contributed by atoms with Crippen LogP contribution in [0, 0.1) is 0 Å². The molecular weight excluding hydrogens is 801 g/mol. The Kier molecular flexibility index (Phi) is 10.3. The standard InChI is InChI=1S/C63H52N2O/c1-42(2)43-24-30-51(31-25-43)64(59-22-14-12-20-55(59)44-16-8-6-9-17-44)53-32-26-46-38-57-58-39-47-27-33-54(37-49(47)41-62(58)66-61(57)40-48(46)36-53)65(52-34-28-50(29-35-52)63(3,4)5)60-23-15-13-21-56(60)45-18-10-7-11-19-45/h6-42H,1-5H3. The Morgan fingerprint density at radius 2 is 0.788 bits per heavy atom. The lowest BCUT2D eigenvalue weighted by Gasteiger charge is -2.29. The van der Waals surface area contributed by atoms with Gasteiger partial charge in [0.2, 0.25) is 0 Å². The Morgan fingerprint density at radius 1 is 0.379 bits per heavy atom. The Hall–Kier alpha value is -7.88. The Bertz CT molecular complexity index is 3530. The number of nitrogens with zero attached hydrogens (tertiary/aromatic N) is 2. The molecule has 0 saturated carbocycles. The van der Waals surface area contributed by atoms with Crippen molar-refractivity contribution in [3.05, 3.63) is 230 Å². The molecule has 0 atom stereocenters. The normalized spacial score (nSPS) is 11.8. The minimum absolute atomic E-state index is 0.0511. The quantitative estimate of drug-likeness (QED) is 0.144. The first-order valence-electron chi connectivity index (χ1n) is 23.1. The summed E-state index contributed by atoms with van der Waals surface area (Å²) >= 11 is 0. The summed E-state index contributed by atoms with van der Waals surface area (Å²) in [5.41, 5.74) is 15.8. The lowest BCUT2D eigenvalue weighted by Crippen LogP contribution is -2.13. The molecule has 320 valence electrons. The van der Waals surface area contributed by atoms with Crippen molar-refractivity contribution in [2.24, 2.45) is 0 Å². The number of hydrogen-bond donors (Lipinski definition) is 0. The molecule has 66 heavy (non-hydrogen) atoms. The molecule has 0 aliphatic carbocycles. The van der Waals surface area contributed by atoms with Gasteiger partial charge in [0.15, 0.2) is 0 Å². The summed E-state index contributed by atoms with van der Waals surface area (Å²) in [6.45, 7) is 11.3. The molecule has 0 aliphatic heterocycles. The van der Waals surface area contributed by atoms with Crippen molar-refractivity contribution in [3.63, 3.8) is 0 Å². The van der Waals surface area contributed by atoms with Crippen molar-refractivity contribution in [2.45, 2.75) is 46.0 Å². The fourth-order valence-corrected chi connectivity index (χ4v) is 9.55. The fraction of sp³-hybridized carbons (Fsp3) is 0.111. The highest BCUT2D eigenvalue weighted by Gasteiger charge is 2.22. The molecule has 0 amide bonds. The van der Waals surface area contributed by atoms with Crippen LogP contribution in [0.4, 0.5) is 34.1 Å². The molecule has 0 N–H and O–H groups in total. The zero-order valence-electron chi connectivity index (χ0n) is 38.2. The molecule has 3 nitrogen and oxygen atoms in total. The van der Waals surface area contributed by atoms with E-state index in [0.717, 1.165) is 66.8 Å². The molecule has 11 aromatic rings. The van der Waals surface area contributed by atoms with E-state index in [0.29, 0.717) is 5.92 Å². The second-order valence-electron chi connectivity index (χ2n) is 18.8. The Morgan fingerprint density at radius 3 is 1.23 bits per heavy atom. The van der Waals surface area contributed by atoms with Crippen LogP contribution in [0.3, 0.4) is 0 Å². The van der Waals surface area contributed by atoms with Crippen LogP contribution < -0.4 is 9.80 Å². The summed E-state index contributed by atoms with van der Waals surface area (Å²) in [6.07, 6.45) is 0. The maximum absolute atomic E-state index is 6.82. The average molecular weight is 853 g/mol. The zero-order chi connectivity index (χ0) is 44.9. The van der Waals surface area contributed by atoms with Gasteiger partial charge in [-0.15, -0.1) is 0 Å². The number of rotatable bonds is 9. The van der Waals surface area contributed by atoms with Gasteiger partial charge in [-0.05, 0) is 140 Å². The van der Waals surface area contributed by atoms with Gasteiger partial charge in [-0.25, -0.2) is 0 Å². The number of anilines is 6. The van der Waals surface area contributed by atoms with Crippen molar-refractivity contribution >= 4 is 77.6 Å². The van der Waals surface area contributed by atoms with Gasteiger partial charge >= 0.3 is 0 Å². The van der Waals surface area contributed by atoms with Gasteiger partial charge in [0.25, 0.3) is 0 Å². The van der Waals surface area contributed by atoms with Crippen LogP contribution in [-0.4, -0.2) is 0 Å². The second kappa shape index (κ2) is 16.6. The first-order chi connectivity index (χ1) is 32.2. The summed E-state index contributed by atoms with van der Waals surface area (Å²) in [6, 6.07) is 79.5. The molecule has 0 spiro atoms. The van der Waals surface area contributed by atoms with Gasteiger partial charge in [0, 0.05) is 44.6 Å². The SMILES string of the molecule is CC(C)c1ccc(N(c2ccc3cc4c(cc3c2)oc2cc3cc(N(c5ccc(C(C)(C)C)cc5)c5ccccc5-c5ccccc5)ccc3cc24)c2ccccc2-c2ccccc2)cc1. The number of furan rings is 1. The summed E-state index contributed by atoms with van der Waals surface area (Å²) < 4.78 is 6.82. The summed E-state index contributed by atoms with van der Waals surface area (Å²) in [7, 11) is 0. The van der Waals surface area contributed by atoms with E-state index in [9.17, 15) is 0 Å². The highest BCUT2D eigenvalue weighted by Crippen LogP contribution is 2.45. The molecule has 1 aromatic heterocycles.